The van der Waals surface area contributed by atoms with Crippen LogP contribution in [0, 0.1) is 6.92 Å². The highest BCUT2D eigenvalue weighted by molar-refractivity contribution is 7.89. The van der Waals surface area contributed by atoms with E-state index in [1.807, 2.05) is 6.92 Å². The summed E-state index contributed by atoms with van der Waals surface area (Å²) in [6.07, 6.45) is 3.17. The number of Topliss-reactive ketones (excluding diaryl/α,β-unsaturated/α-hetero) is 1. The number of aromatic amines is 1. The number of benzene rings is 1. The van der Waals surface area contributed by atoms with E-state index >= 15 is 0 Å². The number of piperidine rings is 1. The molecule has 0 bridgehead atoms. The quantitative estimate of drug-likeness (QED) is 0.631. The predicted octanol–water partition coefficient (Wildman–Crippen LogP) is 3.52. The molecule has 0 radical (unpaired) electrons. The minimum Gasteiger partial charge on any atom is -0.495 e. The second-order valence-electron chi connectivity index (χ2n) is 7.67. The fourth-order valence-electron chi connectivity index (χ4n) is 4.09. The van der Waals surface area contributed by atoms with Gasteiger partial charge in [-0.15, -0.1) is 0 Å². The average Bonchev–Trinajstić information content (AvgIpc) is 3.11. The van der Waals surface area contributed by atoms with Gasteiger partial charge in [0.15, 0.2) is 5.78 Å². The van der Waals surface area contributed by atoms with Crippen LogP contribution in [0.3, 0.4) is 0 Å². The van der Waals surface area contributed by atoms with Crippen molar-refractivity contribution < 1.29 is 22.7 Å². The van der Waals surface area contributed by atoms with Gasteiger partial charge in [-0.2, -0.15) is 4.31 Å². The maximum atomic E-state index is 13.2. The van der Waals surface area contributed by atoms with Crippen molar-refractivity contribution in [2.45, 2.75) is 51.3 Å². The van der Waals surface area contributed by atoms with E-state index in [2.05, 4.69) is 10.3 Å². The number of rotatable bonds is 7. The van der Waals surface area contributed by atoms with E-state index in [0.717, 1.165) is 19.3 Å². The number of sulfonamides is 1. The predicted molar refractivity (Wildman–Crippen MR) is 118 cm³/mol. The first-order chi connectivity index (χ1) is 14.7. The largest absolute Gasteiger partial charge is 0.495 e. The molecule has 168 valence electrons. The highest BCUT2D eigenvalue weighted by atomic mass is 32.2. The summed E-state index contributed by atoms with van der Waals surface area (Å²) in [6.45, 7) is 6.04. The zero-order valence-corrected chi connectivity index (χ0v) is 19.2. The lowest BCUT2D eigenvalue weighted by atomic mass is 10.0. The molecule has 1 aromatic heterocycles. The number of ketones is 1. The molecule has 8 nitrogen and oxygen atoms in total. The summed E-state index contributed by atoms with van der Waals surface area (Å²) in [5.74, 6) is -0.310. The molecule has 0 aliphatic carbocycles. The zero-order valence-electron chi connectivity index (χ0n) is 18.4. The van der Waals surface area contributed by atoms with E-state index in [9.17, 15) is 18.0 Å². The number of nitrogens with zero attached hydrogens (tertiary/aromatic N) is 1. The smallest absolute Gasteiger partial charge is 0.272 e. The number of hydrogen-bond acceptors (Lipinski definition) is 5. The summed E-state index contributed by atoms with van der Waals surface area (Å²) in [6, 6.07) is 4.56. The van der Waals surface area contributed by atoms with Gasteiger partial charge in [0.1, 0.15) is 16.3 Å². The van der Waals surface area contributed by atoms with E-state index in [1.54, 1.807) is 13.0 Å². The summed E-state index contributed by atoms with van der Waals surface area (Å²) in [4.78, 5) is 28.0. The maximum Gasteiger partial charge on any atom is 0.272 e. The van der Waals surface area contributed by atoms with E-state index in [1.165, 1.54) is 30.5 Å². The summed E-state index contributed by atoms with van der Waals surface area (Å²) in [5, 5.41) is 2.76. The number of methoxy groups -OCH3 is 1. The van der Waals surface area contributed by atoms with Gasteiger partial charge in [-0.3, -0.25) is 9.59 Å². The van der Waals surface area contributed by atoms with Crippen molar-refractivity contribution in [3.05, 3.63) is 40.7 Å². The minimum absolute atomic E-state index is 0.0255. The molecule has 1 amide bonds. The molecule has 9 heteroatoms. The van der Waals surface area contributed by atoms with Crippen LogP contribution in [-0.2, 0) is 16.4 Å². The number of nitrogens with one attached hydrogen (secondary N) is 2. The van der Waals surface area contributed by atoms with Crippen molar-refractivity contribution in [3.63, 3.8) is 0 Å². The Morgan fingerprint density at radius 3 is 2.45 bits per heavy atom. The van der Waals surface area contributed by atoms with Crippen LogP contribution >= 0.6 is 0 Å². The molecule has 2 N–H and O–H groups in total. The Balaban J connectivity index is 1.95. The van der Waals surface area contributed by atoms with Gasteiger partial charge in [0.05, 0.1) is 7.11 Å². The van der Waals surface area contributed by atoms with Gasteiger partial charge in [-0.25, -0.2) is 8.42 Å². The van der Waals surface area contributed by atoms with Crippen LogP contribution in [0.1, 0.15) is 65.2 Å². The number of anilines is 1. The van der Waals surface area contributed by atoms with Crippen LogP contribution < -0.4 is 10.1 Å². The molecule has 1 aliphatic rings. The Morgan fingerprint density at radius 1 is 1.19 bits per heavy atom. The van der Waals surface area contributed by atoms with Crippen molar-refractivity contribution in [2.24, 2.45) is 0 Å². The molecular formula is C22H29N3O5S. The summed E-state index contributed by atoms with van der Waals surface area (Å²) in [7, 11) is -2.33. The van der Waals surface area contributed by atoms with Crippen LogP contribution in [-0.4, -0.2) is 49.6 Å². The standard InChI is InChI=1S/C22H29N3O5S/c1-5-17-20(15(3)26)14(2)23-21(17)22(27)24-16-9-10-18(30-4)19(13-16)31(28,29)25-11-7-6-8-12-25/h9-10,13,23H,5-8,11-12H2,1-4H3,(H,24,27). The first-order valence-corrected chi connectivity index (χ1v) is 11.9. The third-order valence-electron chi connectivity index (χ3n) is 5.58. The lowest BCUT2D eigenvalue weighted by molar-refractivity contribution is 0.101. The maximum absolute atomic E-state index is 13.2. The van der Waals surface area contributed by atoms with Crippen LogP contribution in [0.5, 0.6) is 5.75 Å². The molecule has 3 rings (SSSR count). The average molecular weight is 448 g/mol. The second kappa shape index (κ2) is 9.23. The van der Waals surface area contributed by atoms with Crippen molar-refractivity contribution in [1.29, 1.82) is 0 Å². The third kappa shape index (κ3) is 4.52. The highest BCUT2D eigenvalue weighted by Crippen LogP contribution is 2.31. The van der Waals surface area contributed by atoms with Crippen molar-refractivity contribution in [3.8, 4) is 5.75 Å². The van der Waals surface area contributed by atoms with Gasteiger partial charge in [0.2, 0.25) is 10.0 Å². The lowest BCUT2D eigenvalue weighted by Gasteiger charge is -2.26. The Bertz CT molecular complexity index is 1100. The van der Waals surface area contributed by atoms with Crippen LogP contribution in [0.15, 0.2) is 23.1 Å². The van der Waals surface area contributed by atoms with Gasteiger partial charge in [-0.05, 0) is 56.9 Å². The molecule has 1 aliphatic heterocycles. The van der Waals surface area contributed by atoms with E-state index in [-0.39, 0.29) is 16.4 Å². The summed E-state index contributed by atoms with van der Waals surface area (Å²) < 4.78 is 33.1. The second-order valence-corrected chi connectivity index (χ2v) is 9.58. The zero-order chi connectivity index (χ0) is 22.8. The monoisotopic (exact) mass is 447 g/mol. The van der Waals surface area contributed by atoms with Crippen LogP contribution in [0.2, 0.25) is 0 Å². The number of carbonyl (C=O) groups excluding carboxylic acids is 2. The van der Waals surface area contributed by atoms with Gasteiger partial charge < -0.3 is 15.0 Å². The number of amides is 1. The normalized spacial score (nSPS) is 15.0. The summed E-state index contributed by atoms with van der Waals surface area (Å²) >= 11 is 0. The SMILES string of the molecule is CCc1c(C(=O)Nc2ccc(OC)c(S(=O)(=O)N3CCCCC3)c2)[nH]c(C)c1C(C)=O. The lowest BCUT2D eigenvalue weighted by Crippen LogP contribution is -2.35. The number of carbonyl (C=O) groups is 2. The first-order valence-electron chi connectivity index (χ1n) is 10.4. The van der Waals surface area contributed by atoms with E-state index < -0.39 is 15.9 Å². The Hall–Kier alpha value is -2.65. The molecule has 2 aromatic rings. The van der Waals surface area contributed by atoms with Gasteiger partial charge in [-0.1, -0.05) is 13.3 Å². The molecule has 1 fully saturated rings. The molecule has 0 saturated carbocycles. The first kappa shape index (κ1) is 23.0. The molecule has 1 aromatic carbocycles. The topological polar surface area (TPSA) is 109 Å². The minimum atomic E-state index is -3.75. The fraction of sp³-hybridized carbons (Fsp3) is 0.455. The molecule has 2 heterocycles. The van der Waals surface area contributed by atoms with Crippen molar-refractivity contribution >= 4 is 27.4 Å². The number of H-pyrrole nitrogens is 1. The van der Waals surface area contributed by atoms with E-state index in [4.69, 9.17) is 4.74 Å². The highest BCUT2D eigenvalue weighted by Gasteiger charge is 2.29. The number of hydrogen-bond donors (Lipinski definition) is 2. The van der Waals surface area contributed by atoms with Gasteiger partial charge in [0.25, 0.3) is 5.91 Å². The van der Waals surface area contributed by atoms with Crippen LogP contribution in [0.4, 0.5) is 5.69 Å². The Labute approximate surface area is 183 Å². The molecule has 0 unspecified atom stereocenters. The molecule has 0 spiro atoms. The molecular weight excluding hydrogens is 418 g/mol. The number of ether oxygens (including phenoxy) is 1. The molecule has 0 atom stereocenters. The molecule has 1 saturated heterocycles. The fourth-order valence-corrected chi connectivity index (χ4v) is 5.79. The third-order valence-corrected chi connectivity index (χ3v) is 7.50. The van der Waals surface area contributed by atoms with Crippen molar-refractivity contribution in [1.82, 2.24) is 9.29 Å². The Morgan fingerprint density at radius 2 is 1.87 bits per heavy atom. The van der Waals surface area contributed by atoms with Gasteiger partial charge >= 0.3 is 0 Å². The summed E-state index contributed by atoms with van der Waals surface area (Å²) in [5.41, 5.74) is 2.45. The van der Waals surface area contributed by atoms with Crippen LogP contribution in [0.25, 0.3) is 0 Å². The molecule has 31 heavy (non-hydrogen) atoms. The Kier molecular flexibility index (Phi) is 6.86. The van der Waals surface area contributed by atoms with Gasteiger partial charge in [0, 0.05) is 30.0 Å². The van der Waals surface area contributed by atoms with Crippen molar-refractivity contribution in [2.75, 3.05) is 25.5 Å². The van der Waals surface area contributed by atoms with E-state index in [0.29, 0.717) is 47.7 Å². The number of aromatic nitrogens is 1. The number of aryl methyl sites for hydroxylation is 1.